The summed E-state index contributed by atoms with van der Waals surface area (Å²) < 4.78 is 10.2. The minimum atomic E-state index is -2.03. The molecule has 0 saturated heterocycles. The number of benzene rings is 2. The summed E-state index contributed by atoms with van der Waals surface area (Å²) in [4.78, 5) is 49.0. The Kier molecular flexibility index (Phi) is 7.47. The number of rotatable bonds is 8. The van der Waals surface area contributed by atoms with Crippen molar-refractivity contribution in [1.82, 2.24) is 5.32 Å². The van der Waals surface area contributed by atoms with Gasteiger partial charge in [-0.1, -0.05) is 36.4 Å². The fraction of sp³-hybridized carbons (Fsp3) is 0.238. The van der Waals surface area contributed by atoms with Crippen LogP contribution in [0.2, 0.25) is 0 Å². The van der Waals surface area contributed by atoms with Crippen molar-refractivity contribution < 1.29 is 33.8 Å². The predicted molar refractivity (Wildman–Crippen MR) is 102 cm³/mol. The number of carbonyl (C=O) groups excluding carboxylic acids is 3. The summed E-state index contributed by atoms with van der Waals surface area (Å²) in [6.07, 6.45) is -3.91. The van der Waals surface area contributed by atoms with Crippen LogP contribution >= 0.6 is 0 Å². The van der Waals surface area contributed by atoms with Crippen LogP contribution in [0.3, 0.4) is 0 Å². The van der Waals surface area contributed by atoms with E-state index in [1.165, 1.54) is 24.3 Å². The largest absolute Gasteiger partial charge is 0.478 e. The van der Waals surface area contributed by atoms with Gasteiger partial charge in [0.1, 0.15) is 0 Å². The zero-order chi connectivity index (χ0) is 21.4. The van der Waals surface area contributed by atoms with Crippen LogP contribution in [0.4, 0.5) is 0 Å². The molecule has 1 unspecified atom stereocenters. The van der Waals surface area contributed by atoms with E-state index in [1.54, 1.807) is 50.2 Å². The van der Waals surface area contributed by atoms with Crippen molar-refractivity contribution in [2.24, 2.45) is 0 Å². The summed E-state index contributed by atoms with van der Waals surface area (Å²) in [5, 5.41) is 12.0. The topological polar surface area (TPSA) is 119 Å². The molecule has 0 fully saturated rings. The molecule has 8 nitrogen and oxygen atoms in total. The highest BCUT2D eigenvalue weighted by Gasteiger charge is 2.41. The third-order valence-electron chi connectivity index (χ3n) is 3.69. The molecule has 2 aromatic rings. The van der Waals surface area contributed by atoms with E-state index in [0.717, 1.165) is 0 Å². The van der Waals surface area contributed by atoms with Gasteiger partial charge >= 0.3 is 17.9 Å². The first kappa shape index (κ1) is 21.6. The third kappa shape index (κ3) is 6.17. The monoisotopic (exact) mass is 399 g/mol. The van der Waals surface area contributed by atoms with Crippen LogP contribution in [0.25, 0.3) is 0 Å². The Labute approximate surface area is 167 Å². The molecule has 0 aromatic heterocycles. The fourth-order valence-corrected chi connectivity index (χ4v) is 2.38. The summed E-state index contributed by atoms with van der Waals surface area (Å²) in [6.45, 7) is 3.31. The van der Waals surface area contributed by atoms with Gasteiger partial charge in [0.25, 0.3) is 5.91 Å². The van der Waals surface area contributed by atoms with Crippen LogP contribution in [-0.4, -0.2) is 47.2 Å². The minimum absolute atomic E-state index is 0.0937. The number of esters is 2. The van der Waals surface area contributed by atoms with Gasteiger partial charge in [0.2, 0.25) is 12.2 Å². The molecule has 0 saturated carbocycles. The lowest BCUT2D eigenvalue weighted by Crippen LogP contribution is -2.51. The van der Waals surface area contributed by atoms with Crippen molar-refractivity contribution in [3.8, 4) is 0 Å². The molecule has 0 heterocycles. The second kappa shape index (κ2) is 10.0. The van der Waals surface area contributed by atoms with E-state index in [9.17, 15) is 24.3 Å². The van der Waals surface area contributed by atoms with Gasteiger partial charge in [-0.25, -0.2) is 14.4 Å². The first-order chi connectivity index (χ1) is 13.8. The van der Waals surface area contributed by atoms with Crippen molar-refractivity contribution in [1.29, 1.82) is 0 Å². The van der Waals surface area contributed by atoms with Crippen molar-refractivity contribution >= 4 is 23.8 Å². The summed E-state index contributed by atoms with van der Waals surface area (Å²) in [7, 11) is 0. The number of ether oxygens (including phenoxy) is 2. The highest BCUT2D eigenvalue weighted by atomic mass is 16.6. The Morgan fingerprint density at radius 1 is 0.759 bits per heavy atom. The normalized spacial score (nSPS) is 12.5. The molecule has 8 heteroatoms. The molecule has 152 valence electrons. The van der Waals surface area contributed by atoms with Crippen LogP contribution in [0.15, 0.2) is 60.7 Å². The maximum Gasteiger partial charge on any atom is 0.349 e. The molecule has 1 amide bonds. The van der Waals surface area contributed by atoms with Gasteiger partial charge in [0, 0.05) is 6.04 Å². The molecule has 0 bridgehead atoms. The molecule has 2 atom stereocenters. The molecule has 29 heavy (non-hydrogen) atoms. The second-order valence-electron chi connectivity index (χ2n) is 6.39. The van der Waals surface area contributed by atoms with Gasteiger partial charge in [-0.15, -0.1) is 0 Å². The maximum absolute atomic E-state index is 12.5. The number of carbonyl (C=O) groups is 4. The number of hydrogen-bond acceptors (Lipinski definition) is 6. The fourth-order valence-electron chi connectivity index (χ4n) is 2.38. The highest BCUT2D eigenvalue weighted by Crippen LogP contribution is 2.13. The van der Waals surface area contributed by atoms with Crippen molar-refractivity contribution in [2.45, 2.75) is 32.1 Å². The lowest BCUT2D eigenvalue weighted by Gasteiger charge is -2.24. The summed E-state index contributed by atoms with van der Waals surface area (Å²) in [5.41, 5.74) is 0.213. The van der Waals surface area contributed by atoms with E-state index >= 15 is 0 Å². The van der Waals surface area contributed by atoms with E-state index in [1.807, 2.05) is 0 Å². The van der Waals surface area contributed by atoms with E-state index in [-0.39, 0.29) is 17.2 Å². The van der Waals surface area contributed by atoms with Crippen LogP contribution in [0.1, 0.15) is 34.6 Å². The van der Waals surface area contributed by atoms with Gasteiger partial charge in [0.05, 0.1) is 11.1 Å². The lowest BCUT2D eigenvalue weighted by molar-refractivity contribution is -0.159. The standard InChI is InChI=1S/C21H21NO7/c1-13(2)22-18(23)16(28-20(26)14-9-5-3-6-10-14)17(19(24)25)29-21(27)15-11-7-4-8-12-15/h3-13,16-17H,1-2H3,(H,22,23)(H,24,25)/t16-,17?/m0/s1. The Balaban J connectivity index is 2.29. The van der Waals surface area contributed by atoms with Crippen LogP contribution in [0.5, 0.6) is 0 Å². The van der Waals surface area contributed by atoms with Gasteiger partial charge in [-0.2, -0.15) is 0 Å². The summed E-state index contributed by atoms with van der Waals surface area (Å²) in [6, 6.07) is 15.1. The molecular formula is C21H21NO7. The zero-order valence-electron chi connectivity index (χ0n) is 15.9. The minimum Gasteiger partial charge on any atom is -0.478 e. The van der Waals surface area contributed by atoms with Crippen LogP contribution in [-0.2, 0) is 19.1 Å². The molecule has 0 radical (unpaired) electrons. The average molecular weight is 399 g/mol. The van der Waals surface area contributed by atoms with Crippen molar-refractivity contribution in [3.63, 3.8) is 0 Å². The molecule has 2 aromatic carbocycles. The molecule has 0 spiro atoms. The molecule has 0 aliphatic carbocycles. The van der Waals surface area contributed by atoms with Crippen LogP contribution < -0.4 is 5.32 Å². The third-order valence-corrected chi connectivity index (χ3v) is 3.69. The quantitative estimate of drug-likeness (QED) is 0.652. The molecule has 2 rings (SSSR count). The lowest BCUT2D eigenvalue weighted by atomic mass is 10.1. The van der Waals surface area contributed by atoms with Gasteiger partial charge in [-0.05, 0) is 38.1 Å². The first-order valence-corrected chi connectivity index (χ1v) is 8.85. The van der Waals surface area contributed by atoms with E-state index in [2.05, 4.69) is 5.32 Å². The maximum atomic E-state index is 12.5. The predicted octanol–water partition coefficient (Wildman–Crippen LogP) is 2.05. The number of carboxylic acid groups (broad SMARTS) is 1. The molecule has 2 N–H and O–H groups in total. The number of amides is 1. The van der Waals surface area contributed by atoms with Gasteiger partial charge < -0.3 is 19.9 Å². The van der Waals surface area contributed by atoms with E-state index in [4.69, 9.17) is 9.47 Å². The first-order valence-electron chi connectivity index (χ1n) is 8.85. The second-order valence-corrected chi connectivity index (χ2v) is 6.39. The van der Waals surface area contributed by atoms with E-state index in [0.29, 0.717) is 0 Å². The summed E-state index contributed by atoms with van der Waals surface area (Å²) in [5.74, 6) is -4.40. The van der Waals surface area contributed by atoms with Crippen molar-refractivity contribution in [2.75, 3.05) is 0 Å². The molecule has 0 aliphatic heterocycles. The zero-order valence-corrected chi connectivity index (χ0v) is 15.9. The Hall–Kier alpha value is -3.68. The smallest absolute Gasteiger partial charge is 0.349 e. The number of aliphatic carboxylic acids is 1. The Bertz CT molecular complexity index is 865. The molecular weight excluding hydrogens is 378 g/mol. The Morgan fingerprint density at radius 3 is 1.55 bits per heavy atom. The Morgan fingerprint density at radius 2 is 1.17 bits per heavy atom. The SMILES string of the molecule is CC(C)NC(=O)[C@@H](OC(=O)c1ccccc1)C(OC(=O)c1ccccc1)C(=O)O. The highest BCUT2D eigenvalue weighted by molar-refractivity contribution is 5.96. The van der Waals surface area contributed by atoms with Crippen LogP contribution in [0, 0.1) is 0 Å². The van der Waals surface area contributed by atoms with Crippen molar-refractivity contribution in [3.05, 3.63) is 71.8 Å². The molecule has 0 aliphatic rings. The van der Waals surface area contributed by atoms with E-state index < -0.39 is 36.0 Å². The van der Waals surface area contributed by atoms with Gasteiger partial charge in [-0.3, -0.25) is 4.79 Å². The number of carboxylic acids is 1. The number of nitrogens with one attached hydrogen (secondary N) is 1. The average Bonchev–Trinajstić information content (AvgIpc) is 2.70. The number of hydrogen-bond donors (Lipinski definition) is 2. The van der Waals surface area contributed by atoms with Gasteiger partial charge in [0.15, 0.2) is 0 Å². The summed E-state index contributed by atoms with van der Waals surface area (Å²) >= 11 is 0.